The van der Waals surface area contributed by atoms with Gasteiger partial charge in [-0.2, -0.15) is 5.10 Å². The normalized spacial score (nSPS) is 12.2. The molecule has 1 atom stereocenters. The second-order valence-corrected chi connectivity index (χ2v) is 7.09. The summed E-state index contributed by atoms with van der Waals surface area (Å²) in [4.78, 5) is 17.2. The van der Waals surface area contributed by atoms with Gasteiger partial charge in [-0.15, -0.1) is 0 Å². The molecule has 0 saturated heterocycles. The van der Waals surface area contributed by atoms with Crippen molar-refractivity contribution in [3.8, 4) is 11.5 Å². The number of aromatic nitrogens is 3. The Labute approximate surface area is 171 Å². The molecule has 7 heteroatoms. The number of fused-ring (bicyclic) bond motifs is 1. The van der Waals surface area contributed by atoms with Gasteiger partial charge in [0.15, 0.2) is 17.1 Å². The Balaban J connectivity index is 1.78. The number of amides is 1. The van der Waals surface area contributed by atoms with E-state index in [4.69, 9.17) is 9.47 Å². The highest BCUT2D eigenvalue weighted by molar-refractivity contribution is 5.97. The van der Waals surface area contributed by atoms with Gasteiger partial charge in [0, 0.05) is 17.6 Å². The number of ether oxygens (including phenoxy) is 2. The number of rotatable bonds is 8. The average Bonchev–Trinajstić information content (AvgIpc) is 3.13. The van der Waals surface area contributed by atoms with E-state index in [1.807, 2.05) is 63.6 Å². The number of nitrogens with zero attached hydrogens (tertiary/aromatic N) is 3. The van der Waals surface area contributed by atoms with Gasteiger partial charge in [0.05, 0.1) is 31.0 Å². The van der Waals surface area contributed by atoms with Crippen molar-refractivity contribution < 1.29 is 14.3 Å². The Morgan fingerprint density at radius 1 is 1.07 bits per heavy atom. The van der Waals surface area contributed by atoms with E-state index in [0.717, 1.165) is 16.6 Å². The zero-order chi connectivity index (χ0) is 21.0. The lowest BCUT2D eigenvalue weighted by Crippen LogP contribution is -2.26. The highest BCUT2D eigenvalue weighted by Crippen LogP contribution is 2.31. The first kappa shape index (κ1) is 20.6. The number of hydrogen-bond acceptors (Lipinski definition) is 5. The van der Waals surface area contributed by atoms with Gasteiger partial charge in [-0.05, 0) is 58.4 Å². The molecule has 0 bridgehead atoms. The van der Waals surface area contributed by atoms with E-state index in [-0.39, 0.29) is 18.0 Å². The quantitative estimate of drug-likeness (QED) is 0.614. The second-order valence-electron chi connectivity index (χ2n) is 7.09. The molecule has 0 aliphatic carbocycles. The smallest absolute Gasteiger partial charge is 0.253 e. The standard InChI is InChI=1S/C22H28N4O3/c1-6-28-19-9-8-16(11-20(19)29-7-2)15(5)25-22(27)18-10-17-13-24-26(14(3)4)21(17)23-12-18/h8-15H,6-7H2,1-5H3,(H,25,27)/t15-/m1/s1. The van der Waals surface area contributed by atoms with E-state index in [0.29, 0.717) is 30.3 Å². The molecule has 0 aliphatic heterocycles. The monoisotopic (exact) mass is 396 g/mol. The lowest BCUT2D eigenvalue weighted by Gasteiger charge is -2.17. The molecule has 0 radical (unpaired) electrons. The number of nitrogens with one attached hydrogen (secondary N) is 1. The van der Waals surface area contributed by atoms with Crippen molar-refractivity contribution in [1.29, 1.82) is 0 Å². The third kappa shape index (κ3) is 4.50. The highest BCUT2D eigenvalue weighted by Gasteiger charge is 2.16. The fraction of sp³-hybridized carbons (Fsp3) is 0.409. The van der Waals surface area contributed by atoms with E-state index in [1.165, 1.54) is 0 Å². The Hall–Kier alpha value is -3.09. The van der Waals surface area contributed by atoms with Gasteiger partial charge in [0.2, 0.25) is 0 Å². The fourth-order valence-electron chi connectivity index (χ4n) is 3.14. The molecule has 3 aromatic rings. The third-order valence-electron chi connectivity index (χ3n) is 4.60. The Morgan fingerprint density at radius 3 is 2.48 bits per heavy atom. The number of hydrogen-bond donors (Lipinski definition) is 1. The topological polar surface area (TPSA) is 78.3 Å². The molecule has 0 aliphatic rings. The highest BCUT2D eigenvalue weighted by atomic mass is 16.5. The molecule has 1 aromatic carbocycles. The lowest BCUT2D eigenvalue weighted by molar-refractivity contribution is 0.0939. The first-order valence-electron chi connectivity index (χ1n) is 9.98. The maximum Gasteiger partial charge on any atom is 0.253 e. The van der Waals surface area contributed by atoms with Gasteiger partial charge in [-0.1, -0.05) is 6.07 Å². The minimum atomic E-state index is -0.202. The summed E-state index contributed by atoms with van der Waals surface area (Å²) in [7, 11) is 0. The molecule has 2 heterocycles. The van der Waals surface area contributed by atoms with Crippen LogP contribution in [0.2, 0.25) is 0 Å². The summed E-state index contributed by atoms with van der Waals surface area (Å²) >= 11 is 0. The van der Waals surface area contributed by atoms with Crippen LogP contribution >= 0.6 is 0 Å². The van der Waals surface area contributed by atoms with E-state index in [9.17, 15) is 4.79 Å². The maximum atomic E-state index is 12.8. The molecule has 0 spiro atoms. The van der Waals surface area contributed by atoms with Gasteiger partial charge < -0.3 is 14.8 Å². The van der Waals surface area contributed by atoms with Crippen LogP contribution in [0.25, 0.3) is 11.0 Å². The number of carbonyl (C=O) groups is 1. The summed E-state index contributed by atoms with van der Waals surface area (Å²) in [6, 6.07) is 7.55. The van der Waals surface area contributed by atoms with Crippen molar-refractivity contribution in [2.75, 3.05) is 13.2 Å². The van der Waals surface area contributed by atoms with Crippen LogP contribution in [0, 0.1) is 0 Å². The minimum Gasteiger partial charge on any atom is -0.490 e. The average molecular weight is 396 g/mol. The van der Waals surface area contributed by atoms with Crippen molar-refractivity contribution in [3.63, 3.8) is 0 Å². The van der Waals surface area contributed by atoms with Crippen LogP contribution in [0.5, 0.6) is 11.5 Å². The van der Waals surface area contributed by atoms with E-state index in [2.05, 4.69) is 15.4 Å². The molecule has 0 fully saturated rings. The third-order valence-corrected chi connectivity index (χ3v) is 4.60. The predicted octanol–water partition coefficient (Wildman–Crippen LogP) is 4.30. The molecule has 0 unspecified atom stereocenters. The Kier molecular flexibility index (Phi) is 6.36. The summed E-state index contributed by atoms with van der Waals surface area (Å²) in [6.45, 7) is 11.0. The van der Waals surface area contributed by atoms with Gasteiger partial charge in [0.1, 0.15) is 0 Å². The molecule has 1 N–H and O–H groups in total. The van der Waals surface area contributed by atoms with E-state index < -0.39 is 0 Å². The lowest BCUT2D eigenvalue weighted by atomic mass is 10.1. The fourth-order valence-corrected chi connectivity index (χ4v) is 3.14. The largest absolute Gasteiger partial charge is 0.490 e. The van der Waals surface area contributed by atoms with Crippen LogP contribution in [0.3, 0.4) is 0 Å². The molecular weight excluding hydrogens is 368 g/mol. The molecule has 2 aromatic heterocycles. The zero-order valence-corrected chi connectivity index (χ0v) is 17.6. The van der Waals surface area contributed by atoms with Crippen molar-refractivity contribution in [3.05, 3.63) is 47.8 Å². The minimum absolute atomic E-state index is 0.184. The molecule has 3 rings (SSSR count). The van der Waals surface area contributed by atoms with Gasteiger partial charge in [-0.25, -0.2) is 9.67 Å². The van der Waals surface area contributed by atoms with Crippen LogP contribution in [-0.2, 0) is 0 Å². The zero-order valence-electron chi connectivity index (χ0n) is 17.6. The molecule has 1 amide bonds. The SMILES string of the molecule is CCOc1ccc([C@@H](C)NC(=O)c2cnc3c(cnn3C(C)C)c2)cc1OCC. The molecule has 29 heavy (non-hydrogen) atoms. The summed E-state index contributed by atoms with van der Waals surface area (Å²) in [5.74, 6) is 1.20. The van der Waals surface area contributed by atoms with Gasteiger partial charge >= 0.3 is 0 Å². The number of benzene rings is 1. The molecule has 7 nitrogen and oxygen atoms in total. The van der Waals surface area contributed by atoms with Crippen molar-refractivity contribution >= 4 is 16.9 Å². The Bertz CT molecular complexity index is 997. The number of pyridine rings is 1. The first-order chi connectivity index (χ1) is 13.9. The summed E-state index contributed by atoms with van der Waals surface area (Å²) in [5.41, 5.74) is 2.22. The van der Waals surface area contributed by atoms with Crippen LogP contribution in [0.15, 0.2) is 36.7 Å². The molecule has 154 valence electrons. The van der Waals surface area contributed by atoms with Crippen molar-refractivity contribution in [2.45, 2.75) is 46.7 Å². The predicted molar refractivity (Wildman–Crippen MR) is 113 cm³/mol. The first-order valence-corrected chi connectivity index (χ1v) is 9.98. The van der Waals surface area contributed by atoms with Gasteiger partial charge in [-0.3, -0.25) is 4.79 Å². The molecular formula is C22H28N4O3. The summed E-state index contributed by atoms with van der Waals surface area (Å²) < 4.78 is 13.1. The van der Waals surface area contributed by atoms with Crippen LogP contribution in [0.4, 0.5) is 0 Å². The van der Waals surface area contributed by atoms with Crippen LogP contribution in [-0.4, -0.2) is 33.9 Å². The second kappa shape index (κ2) is 8.94. The van der Waals surface area contributed by atoms with Crippen LogP contribution < -0.4 is 14.8 Å². The number of carbonyl (C=O) groups excluding carboxylic acids is 1. The van der Waals surface area contributed by atoms with Crippen LogP contribution in [0.1, 0.15) is 62.6 Å². The van der Waals surface area contributed by atoms with Gasteiger partial charge in [0.25, 0.3) is 5.91 Å². The van der Waals surface area contributed by atoms with Crippen molar-refractivity contribution in [1.82, 2.24) is 20.1 Å². The van der Waals surface area contributed by atoms with E-state index in [1.54, 1.807) is 12.4 Å². The maximum absolute atomic E-state index is 12.8. The summed E-state index contributed by atoms with van der Waals surface area (Å²) in [5, 5.41) is 8.22. The van der Waals surface area contributed by atoms with E-state index >= 15 is 0 Å². The summed E-state index contributed by atoms with van der Waals surface area (Å²) in [6.07, 6.45) is 3.33. The molecule has 0 saturated carbocycles. The van der Waals surface area contributed by atoms with Crippen molar-refractivity contribution in [2.24, 2.45) is 0 Å². The Morgan fingerprint density at radius 2 is 1.79 bits per heavy atom.